The van der Waals surface area contributed by atoms with Crippen molar-refractivity contribution in [1.29, 1.82) is 0 Å². The van der Waals surface area contributed by atoms with Crippen LogP contribution in [0.2, 0.25) is 0 Å². The second-order valence-electron chi connectivity index (χ2n) is 31.1. The second-order valence-corrected chi connectivity index (χ2v) is 38.8. The van der Waals surface area contributed by atoms with Crippen LogP contribution in [0.5, 0.6) is 17.6 Å². The molecule has 45 heteroatoms. The van der Waals surface area contributed by atoms with Crippen LogP contribution < -0.4 is 46.7 Å². The van der Waals surface area contributed by atoms with Gasteiger partial charge in [-0.3, -0.25) is 55.2 Å². The van der Waals surface area contributed by atoms with Crippen LogP contribution in [-0.2, 0) is 83.6 Å². The third kappa shape index (κ3) is 20.8. The van der Waals surface area contributed by atoms with Crippen LogP contribution in [0.25, 0.3) is 33.5 Å². The summed E-state index contributed by atoms with van der Waals surface area (Å²) in [6, 6.07) is -1.35. The lowest BCUT2D eigenvalue weighted by Crippen LogP contribution is -2.47. The predicted octanol–water partition coefficient (Wildman–Crippen LogP) is 10.3. The molecule has 6 aliphatic heterocycles. The smallest absolute Gasteiger partial charge is 0.406 e. The van der Waals surface area contributed by atoms with Crippen molar-refractivity contribution in [2.45, 2.75) is 232 Å². The summed E-state index contributed by atoms with van der Waals surface area (Å²) in [7, 11) is -11.5. The number of hydrogen-bond acceptors (Lipinski definition) is 33. The molecule has 0 saturated carbocycles. The van der Waals surface area contributed by atoms with Crippen molar-refractivity contribution in [3.8, 4) is 17.6 Å². The molecule has 0 aliphatic carbocycles. The highest BCUT2D eigenvalue weighted by molar-refractivity contribution is 7.52. The Morgan fingerprint density at radius 2 is 0.702 bits per heavy atom. The molecule has 6 aliphatic rings. The number of imidazole rings is 3. The molecule has 18 atom stereocenters. The van der Waals surface area contributed by atoms with Gasteiger partial charge in [0.2, 0.25) is 35.5 Å². The van der Waals surface area contributed by atoms with Gasteiger partial charge in [0.15, 0.2) is 52.2 Å². The molecule has 114 heavy (non-hydrogen) atoms. The lowest BCUT2D eigenvalue weighted by Gasteiger charge is -2.36. The highest BCUT2D eigenvalue weighted by Gasteiger charge is 2.63. The number of alkyl halides is 3. The van der Waals surface area contributed by atoms with Crippen molar-refractivity contribution >= 4 is 127 Å². The summed E-state index contributed by atoms with van der Waals surface area (Å²) < 4.78 is 133. The fraction of sp³-hybridized carbons (Fsp3) is 0.739. The van der Waals surface area contributed by atoms with Crippen molar-refractivity contribution in [1.82, 2.24) is 73.8 Å². The van der Waals surface area contributed by atoms with Crippen molar-refractivity contribution in [2.75, 3.05) is 76.7 Å². The Balaban J connectivity index is 0.000000181. The second kappa shape index (κ2) is 37.1. The number of nitrogens with zero attached hydrogens (tertiary/aromatic N) is 12. The Morgan fingerprint density at radius 1 is 0.456 bits per heavy atom. The molecule has 0 amide bonds. The van der Waals surface area contributed by atoms with Crippen molar-refractivity contribution in [3.05, 3.63) is 19.0 Å². The molecule has 12 heterocycles. The monoisotopic (exact) mass is 1720 g/mol. The number of carbonyl (C=O) groups excluding carboxylic acids is 3. The van der Waals surface area contributed by atoms with Crippen LogP contribution in [0.4, 0.5) is 17.8 Å². The maximum absolute atomic E-state index is 13.7. The van der Waals surface area contributed by atoms with Crippen LogP contribution in [0.15, 0.2) is 19.0 Å². The third-order valence-corrected chi connectivity index (χ3v) is 25.1. The average molecular weight is 1730 g/mol. The van der Waals surface area contributed by atoms with Gasteiger partial charge in [0, 0.05) is 0 Å². The molecular formula is C69H108Cl3N18O21P3. The fourth-order valence-electron chi connectivity index (χ4n) is 13.6. The normalized spacial score (nSPS) is 30.1. The number of aromatic nitrogens is 12. The van der Waals surface area contributed by atoms with E-state index in [1.54, 1.807) is 76.0 Å². The molecule has 6 fully saturated rings. The highest BCUT2D eigenvalue weighted by Crippen LogP contribution is 2.61. The summed E-state index contributed by atoms with van der Waals surface area (Å²) in [6.07, 6.45) is -0.368. The lowest BCUT2D eigenvalue weighted by atomic mass is 10.0. The van der Waals surface area contributed by atoms with E-state index in [4.69, 9.17) is 122 Å². The number of anilines is 3. The van der Waals surface area contributed by atoms with E-state index >= 15 is 0 Å². The number of hydrogen-bond donors (Lipinski definition) is 6. The first-order valence-electron chi connectivity index (χ1n) is 38.1. The number of nitrogens with two attached hydrogens (primary N) is 3. The number of carbonyl (C=O) groups is 3. The molecule has 636 valence electrons. The van der Waals surface area contributed by atoms with E-state index < -0.39 is 111 Å². The number of rotatable bonds is 30. The zero-order chi connectivity index (χ0) is 83.5. The van der Waals surface area contributed by atoms with Gasteiger partial charge in [-0.15, -0.1) is 34.8 Å². The maximum Gasteiger partial charge on any atom is 0.406 e. The lowest BCUT2D eigenvalue weighted by molar-refractivity contribution is -0.148. The Morgan fingerprint density at radius 3 is 0.921 bits per heavy atom. The number of ether oxygens (including phenoxy) is 9. The average Bonchev–Trinajstić information content (AvgIpc) is 1.59. The van der Waals surface area contributed by atoms with E-state index in [2.05, 4.69) is 60.1 Å². The van der Waals surface area contributed by atoms with E-state index in [-0.39, 0.29) is 129 Å². The van der Waals surface area contributed by atoms with Crippen LogP contribution in [0.1, 0.15) is 163 Å². The number of esters is 3. The van der Waals surface area contributed by atoms with Crippen LogP contribution in [0.3, 0.4) is 0 Å². The summed E-state index contributed by atoms with van der Waals surface area (Å²) in [6.45, 7) is 34.4. The third-order valence-electron chi connectivity index (χ3n) is 18.8. The largest absolute Gasteiger partial charge is 0.476 e. The summed E-state index contributed by atoms with van der Waals surface area (Å²) in [5, 5.41) is 8.89. The van der Waals surface area contributed by atoms with Gasteiger partial charge >= 0.3 is 41.1 Å². The molecular weight excluding hydrogens is 1620 g/mol. The van der Waals surface area contributed by atoms with Crippen LogP contribution in [-0.4, -0.2) is 205 Å². The molecule has 0 bridgehead atoms. The first-order chi connectivity index (χ1) is 53.5. The molecule has 12 rings (SSSR count). The van der Waals surface area contributed by atoms with Crippen molar-refractivity contribution < 1.29 is 97.9 Å². The van der Waals surface area contributed by atoms with Gasteiger partial charge in [0.05, 0.1) is 94.5 Å². The van der Waals surface area contributed by atoms with Crippen LogP contribution in [0, 0.1) is 35.5 Å². The van der Waals surface area contributed by atoms with Crippen LogP contribution >= 0.6 is 58.0 Å². The zero-order valence-corrected chi connectivity index (χ0v) is 72.2. The zero-order valence-electron chi connectivity index (χ0n) is 67.3. The molecule has 0 aromatic carbocycles. The van der Waals surface area contributed by atoms with Gasteiger partial charge in [-0.2, -0.15) is 29.9 Å². The molecule has 6 aromatic rings. The SMILES string of the molecule is CCOc1nc(N)nc2c1ncn2[C@@H]1O[C@@H]2COP(=O)(NC(COC(=O)C(C)C)CC(C)C)O[C@H]2[C@@]1(C)Cl.CCOc1nc(N)nc2c1ncn2[C@@H]1O[C@@H]2COP(=O)(N[C@@H](COC(=O)C(C)C)CC(C)C)O[C@H]2[C@@]1(C)Cl.CCOc1nc(N)nc2c1ncn2[C@@H]1O[C@@H]2COP(=O)(N[C@H](COC(=O)C(C)C)CC(C)C)O[C@H]2[C@@]1(C)Cl. The van der Waals surface area contributed by atoms with Gasteiger partial charge in [-0.1, -0.05) is 83.1 Å². The fourth-order valence-corrected chi connectivity index (χ4v) is 20.3. The molecule has 9 N–H and O–H groups in total. The highest BCUT2D eigenvalue weighted by atomic mass is 35.5. The molecule has 6 aromatic heterocycles. The number of halogens is 3. The standard InChI is InChI=1S/3C23H36ClN6O7P/c3*1-7-33-19-16-18(27-22(25)28-19)30(11-26-16)21-23(6,24)17-15(36-21)10-35-38(32,37-17)29-14(8-12(2)3)9-34-20(31)13(4)5/h3*11-15,17,21H,7-10H2,1-6H3,(H,29,32)(H2,25,27,28)/t14?,15-,17-,21-,23-,38?;14-,15+,17+,21+,23+,38?;14-,15-,17-,21-,23-,38?/m101/s1. The van der Waals surface area contributed by atoms with E-state index in [0.717, 1.165) is 0 Å². The van der Waals surface area contributed by atoms with Gasteiger partial charge in [0.1, 0.15) is 71.1 Å². The van der Waals surface area contributed by atoms with Gasteiger partial charge < -0.3 is 59.8 Å². The maximum atomic E-state index is 13.7. The van der Waals surface area contributed by atoms with Gasteiger partial charge in [0.25, 0.3) is 0 Å². The quantitative estimate of drug-likeness (QED) is 0.0106. The molecule has 0 spiro atoms. The van der Waals surface area contributed by atoms with E-state index in [1.807, 2.05) is 62.3 Å². The number of nitrogens with one attached hydrogen (secondary N) is 3. The van der Waals surface area contributed by atoms with E-state index in [0.29, 0.717) is 72.6 Å². The van der Waals surface area contributed by atoms with E-state index in [9.17, 15) is 28.1 Å². The Kier molecular flexibility index (Phi) is 29.4. The first kappa shape index (κ1) is 90.3. The summed E-state index contributed by atoms with van der Waals surface area (Å²) in [5.74, 6) is -0.349. The topological polar surface area (TPSA) is 486 Å². The molecule has 0 radical (unpaired) electrons. The van der Waals surface area contributed by atoms with Crippen molar-refractivity contribution in [2.24, 2.45) is 35.5 Å². The summed E-state index contributed by atoms with van der Waals surface area (Å²) >= 11 is 21.1. The minimum Gasteiger partial charge on any atom is -0.476 e. The Bertz CT molecular complexity index is 4060. The number of nitrogen functional groups attached to an aromatic ring is 3. The predicted molar refractivity (Wildman–Crippen MR) is 419 cm³/mol. The first-order valence-corrected chi connectivity index (χ1v) is 43.8. The minimum absolute atomic E-state index is 0.0111. The minimum atomic E-state index is -3.83. The van der Waals surface area contributed by atoms with Crippen molar-refractivity contribution in [3.63, 3.8) is 0 Å². The Hall–Kier alpha value is -6.06. The van der Waals surface area contributed by atoms with Gasteiger partial charge in [-0.25, -0.2) is 43.9 Å². The number of fused-ring (bicyclic) bond motifs is 6. The van der Waals surface area contributed by atoms with Gasteiger partial charge in [-0.05, 0) is 78.6 Å². The summed E-state index contributed by atoms with van der Waals surface area (Å²) in [4.78, 5) is 70.9. The Labute approximate surface area is 676 Å². The summed E-state index contributed by atoms with van der Waals surface area (Å²) in [5.41, 5.74) is 20.1. The molecule has 4 unspecified atom stereocenters. The van der Waals surface area contributed by atoms with E-state index in [1.165, 1.54) is 19.0 Å². The molecule has 6 saturated heterocycles. The molecule has 39 nitrogen and oxygen atoms in total.